The van der Waals surface area contributed by atoms with Gasteiger partial charge in [0, 0.05) is 18.0 Å². The summed E-state index contributed by atoms with van der Waals surface area (Å²) in [6, 6.07) is 10.6. The Kier molecular flexibility index (Phi) is 3.65. The zero-order chi connectivity index (χ0) is 14.2. The Morgan fingerprint density at radius 2 is 1.90 bits per heavy atom. The quantitative estimate of drug-likeness (QED) is 0.890. The average molecular weight is 286 g/mol. The fourth-order valence-corrected chi connectivity index (χ4v) is 3.42. The van der Waals surface area contributed by atoms with E-state index in [0.717, 1.165) is 12.5 Å². The molecule has 0 unspecified atom stereocenters. The second-order valence-corrected chi connectivity index (χ2v) is 7.60. The summed E-state index contributed by atoms with van der Waals surface area (Å²) in [4.78, 5) is 6.24. The van der Waals surface area contributed by atoms with E-state index in [9.17, 15) is 0 Å². The molecule has 0 spiro atoms. The molecular weight excluding hydrogens is 264 g/mol. The largest absolute Gasteiger partial charge is 0.306 e. The van der Waals surface area contributed by atoms with Crippen molar-refractivity contribution in [3.05, 3.63) is 41.0 Å². The highest BCUT2D eigenvalue weighted by Gasteiger charge is 2.28. The van der Waals surface area contributed by atoms with Gasteiger partial charge in [0.15, 0.2) is 0 Å². The molecule has 1 heterocycles. The normalized spacial score (nSPS) is 15.6. The monoisotopic (exact) mass is 286 g/mol. The second-order valence-electron chi connectivity index (χ2n) is 6.57. The van der Waals surface area contributed by atoms with E-state index in [0.29, 0.717) is 0 Å². The molecule has 3 heteroatoms. The molecule has 0 aliphatic heterocycles. The molecule has 1 N–H and O–H groups in total. The first-order valence-corrected chi connectivity index (χ1v) is 8.14. The lowest BCUT2D eigenvalue weighted by atomic mass is 10.1. The molecule has 1 aliphatic rings. The summed E-state index contributed by atoms with van der Waals surface area (Å²) in [6.45, 7) is 7.44. The molecule has 106 valence electrons. The van der Waals surface area contributed by atoms with Crippen LogP contribution in [0.3, 0.4) is 0 Å². The smallest absolute Gasteiger partial charge is 0.0966 e. The van der Waals surface area contributed by atoms with Gasteiger partial charge in [-0.25, -0.2) is 4.98 Å². The van der Waals surface area contributed by atoms with Crippen LogP contribution in [0, 0.1) is 0 Å². The molecule has 1 aromatic carbocycles. The van der Waals surface area contributed by atoms with Gasteiger partial charge in [0.25, 0.3) is 0 Å². The first-order chi connectivity index (χ1) is 9.53. The van der Waals surface area contributed by atoms with Crippen LogP contribution in [0.1, 0.15) is 50.2 Å². The highest BCUT2D eigenvalue weighted by molar-refractivity contribution is 7.15. The van der Waals surface area contributed by atoms with Crippen molar-refractivity contribution in [3.8, 4) is 10.4 Å². The number of hydrogen-bond acceptors (Lipinski definition) is 3. The zero-order valence-corrected chi connectivity index (χ0v) is 13.3. The molecule has 1 saturated carbocycles. The third-order valence-electron chi connectivity index (χ3n) is 3.46. The maximum Gasteiger partial charge on any atom is 0.0966 e. The Balaban J connectivity index is 1.90. The Morgan fingerprint density at radius 3 is 2.50 bits per heavy atom. The molecule has 0 atom stereocenters. The van der Waals surface area contributed by atoms with Gasteiger partial charge in [-0.1, -0.05) is 30.3 Å². The maximum atomic E-state index is 4.91. The predicted molar refractivity (Wildman–Crippen MR) is 86.1 cm³/mol. The first-order valence-electron chi connectivity index (χ1n) is 7.33. The number of aromatic nitrogens is 1. The van der Waals surface area contributed by atoms with Crippen LogP contribution >= 0.6 is 11.3 Å². The van der Waals surface area contributed by atoms with E-state index in [1.54, 1.807) is 0 Å². The molecule has 1 aliphatic carbocycles. The second kappa shape index (κ2) is 5.30. The van der Waals surface area contributed by atoms with Gasteiger partial charge in [-0.05, 0) is 39.2 Å². The third kappa shape index (κ3) is 3.28. The minimum atomic E-state index is 0.122. The summed E-state index contributed by atoms with van der Waals surface area (Å²) in [5, 5.41) is 4.89. The molecule has 0 amide bonds. The predicted octanol–water partition coefficient (Wildman–Crippen LogP) is 4.58. The van der Waals surface area contributed by atoms with Crippen molar-refractivity contribution in [1.82, 2.24) is 10.3 Å². The molecule has 20 heavy (non-hydrogen) atoms. The van der Waals surface area contributed by atoms with Gasteiger partial charge in [-0.15, -0.1) is 11.3 Å². The molecule has 0 bridgehead atoms. The summed E-state index contributed by atoms with van der Waals surface area (Å²) in [5.41, 5.74) is 2.62. The van der Waals surface area contributed by atoms with Crippen molar-refractivity contribution >= 4 is 11.3 Å². The molecule has 1 aromatic heterocycles. The highest BCUT2D eigenvalue weighted by atomic mass is 32.1. The van der Waals surface area contributed by atoms with Crippen molar-refractivity contribution in [1.29, 1.82) is 0 Å². The van der Waals surface area contributed by atoms with Gasteiger partial charge in [-0.3, -0.25) is 0 Å². The lowest BCUT2D eigenvalue weighted by molar-refractivity contribution is 0.422. The first kappa shape index (κ1) is 13.8. The van der Waals surface area contributed by atoms with Gasteiger partial charge in [-0.2, -0.15) is 0 Å². The van der Waals surface area contributed by atoms with Gasteiger partial charge in [0.05, 0.1) is 15.6 Å². The van der Waals surface area contributed by atoms with E-state index in [-0.39, 0.29) is 5.54 Å². The van der Waals surface area contributed by atoms with Crippen LogP contribution in [0.25, 0.3) is 10.4 Å². The van der Waals surface area contributed by atoms with Crippen molar-refractivity contribution in [2.24, 2.45) is 0 Å². The summed E-state index contributed by atoms with van der Waals surface area (Å²) in [7, 11) is 0. The van der Waals surface area contributed by atoms with E-state index in [4.69, 9.17) is 4.98 Å². The number of thiazole rings is 1. The highest BCUT2D eigenvalue weighted by Crippen LogP contribution is 2.44. The van der Waals surface area contributed by atoms with E-state index < -0.39 is 0 Å². The number of rotatable bonds is 4. The van der Waals surface area contributed by atoms with Crippen molar-refractivity contribution in [2.75, 3.05) is 0 Å². The number of nitrogens with one attached hydrogen (secondary N) is 1. The molecular formula is C17H22N2S. The fourth-order valence-electron chi connectivity index (χ4n) is 2.16. The summed E-state index contributed by atoms with van der Waals surface area (Å²) in [5.74, 6) is 0.728. The van der Waals surface area contributed by atoms with Crippen molar-refractivity contribution in [2.45, 2.75) is 51.6 Å². The van der Waals surface area contributed by atoms with Crippen LogP contribution in [-0.4, -0.2) is 10.5 Å². The fraction of sp³-hybridized carbons (Fsp3) is 0.471. The van der Waals surface area contributed by atoms with E-state index in [2.05, 4.69) is 56.4 Å². The minimum Gasteiger partial charge on any atom is -0.306 e. The number of hydrogen-bond donors (Lipinski definition) is 1. The van der Waals surface area contributed by atoms with Crippen LogP contribution in [0.2, 0.25) is 0 Å². The molecule has 2 nitrogen and oxygen atoms in total. The zero-order valence-electron chi connectivity index (χ0n) is 12.4. The maximum absolute atomic E-state index is 4.91. The van der Waals surface area contributed by atoms with E-state index >= 15 is 0 Å². The summed E-state index contributed by atoms with van der Waals surface area (Å²) in [6.07, 6.45) is 2.63. The Labute approximate surface area is 125 Å². The molecule has 1 fully saturated rings. The van der Waals surface area contributed by atoms with E-state index in [1.165, 1.54) is 34.0 Å². The summed E-state index contributed by atoms with van der Waals surface area (Å²) >= 11 is 1.88. The minimum absolute atomic E-state index is 0.122. The molecule has 3 rings (SSSR count). The van der Waals surface area contributed by atoms with Crippen LogP contribution in [-0.2, 0) is 6.54 Å². The lowest BCUT2D eigenvalue weighted by Gasteiger charge is -2.20. The SMILES string of the molecule is CC(C)(C)NCc1nc(C2CC2)sc1-c1ccccc1. The van der Waals surface area contributed by atoms with Gasteiger partial charge in [0.1, 0.15) is 0 Å². The van der Waals surface area contributed by atoms with Crippen molar-refractivity contribution < 1.29 is 0 Å². The Morgan fingerprint density at radius 1 is 1.20 bits per heavy atom. The lowest BCUT2D eigenvalue weighted by Crippen LogP contribution is -2.35. The van der Waals surface area contributed by atoms with Crippen LogP contribution < -0.4 is 5.32 Å². The van der Waals surface area contributed by atoms with Crippen molar-refractivity contribution in [3.63, 3.8) is 0 Å². The van der Waals surface area contributed by atoms with Gasteiger partial charge in [0.2, 0.25) is 0 Å². The third-order valence-corrected chi connectivity index (χ3v) is 4.77. The van der Waals surface area contributed by atoms with Gasteiger partial charge < -0.3 is 5.32 Å². The Bertz CT molecular complexity index is 577. The standard InChI is InChI=1S/C17H22N2S/c1-17(2,3)18-11-14-15(12-7-5-4-6-8-12)20-16(19-14)13-9-10-13/h4-8,13,18H,9-11H2,1-3H3. The van der Waals surface area contributed by atoms with Crippen LogP contribution in [0.5, 0.6) is 0 Å². The van der Waals surface area contributed by atoms with Gasteiger partial charge >= 0.3 is 0 Å². The van der Waals surface area contributed by atoms with E-state index in [1.807, 2.05) is 11.3 Å². The Hall–Kier alpha value is -1.19. The number of nitrogens with zero attached hydrogens (tertiary/aromatic N) is 1. The topological polar surface area (TPSA) is 24.9 Å². The molecule has 2 aromatic rings. The summed E-state index contributed by atoms with van der Waals surface area (Å²) < 4.78 is 0. The molecule has 0 saturated heterocycles. The van der Waals surface area contributed by atoms with Crippen LogP contribution in [0.15, 0.2) is 30.3 Å². The number of benzene rings is 1. The molecule has 0 radical (unpaired) electrons. The average Bonchev–Trinajstić information content (AvgIpc) is 3.17. The van der Waals surface area contributed by atoms with Crippen LogP contribution in [0.4, 0.5) is 0 Å².